The predicted octanol–water partition coefficient (Wildman–Crippen LogP) is 3.09. The summed E-state index contributed by atoms with van der Waals surface area (Å²) in [5, 5.41) is 0. The number of aromatic nitrogens is 3. The number of fused-ring (bicyclic) bond motifs is 1. The molecule has 2 heterocycles. The Bertz CT molecular complexity index is 756. The van der Waals surface area contributed by atoms with Gasteiger partial charge in [0.05, 0.1) is 17.2 Å². The summed E-state index contributed by atoms with van der Waals surface area (Å²) in [7, 11) is 0. The summed E-state index contributed by atoms with van der Waals surface area (Å²) < 4.78 is 7.82. The standard InChI is InChI=1S/C15H18N4O/c1-4-14-18-12-7-11(16)5-6-13(12)19(14)10(3)15-17-8-9(2)20-15/h5-8,10H,4,16H2,1-3H3. The number of oxazole rings is 1. The van der Waals surface area contributed by atoms with E-state index in [1.165, 1.54) is 0 Å². The van der Waals surface area contributed by atoms with Gasteiger partial charge in [0.25, 0.3) is 0 Å². The fraction of sp³-hybridized carbons (Fsp3) is 0.333. The van der Waals surface area contributed by atoms with Gasteiger partial charge in [0.15, 0.2) is 0 Å². The van der Waals surface area contributed by atoms with Gasteiger partial charge < -0.3 is 14.7 Å². The molecule has 0 amide bonds. The summed E-state index contributed by atoms with van der Waals surface area (Å²) in [4.78, 5) is 8.99. The van der Waals surface area contributed by atoms with E-state index in [1.807, 2.05) is 25.1 Å². The Balaban J connectivity index is 2.18. The monoisotopic (exact) mass is 270 g/mol. The van der Waals surface area contributed by atoms with Gasteiger partial charge in [-0.15, -0.1) is 0 Å². The molecule has 20 heavy (non-hydrogen) atoms. The highest BCUT2D eigenvalue weighted by Crippen LogP contribution is 2.27. The van der Waals surface area contributed by atoms with Crippen molar-refractivity contribution in [3.63, 3.8) is 0 Å². The fourth-order valence-corrected chi connectivity index (χ4v) is 2.52. The molecule has 2 aromatic heterocycles. The third-order valence-electron chi connectivity index (χ3n) is 3.49. The van der Waals surface area contributed by atoms with Gasteiger partial charge in [0, 0.05) is 12.1 Å². The molecule has 0 saturated carbocycles. The lowest BCUT2D eigenvalue weighted by molar-refractivity contribution is 0.414. The molecular weight excluding hydrogens is 252 g/mol. The van der Waals surface area contributed by atoms with E-state index in [0.29, 0.717) is 5.89 Å². The van der Waals surface area contributed by atoms with Crippen molar-refractivity contribution in [2.24, 2.45) is 0 Å². The molecule has 5 heteroatoms. The van der Waals surface area contributed by atoms with Gasteiger partial charge in [-0.05, 0) is 32.0 Å². The lowest BCUT2D eigenvalue weighted by Gasteiger charge is -2.14. The minimum Gasteiger partial charge on any atom is -0.444 e. The number of nitrogen functional groups attached to an aromatic ring is 1. The average molecular weight is 270 g/mol. The van der Waals surface area contributed by atoms with Crippen LogP contribution < -0.4 is 5.73 Å². The summed E-state index contributed by atoms with van der Waals surface area (Å²) in [6.07, 6.45) is 2.59. The van der Waals surface area contributed by atoms with E-state index < -0.39 is 0 Å². The van der Waals surface area contributed by atoms with Gasteiger partial charge in [-0.25, -0.2) is 9.97 Å². The quantitative estimate of drug-likeness (QED) is 0.742. The molecule has 0 aliphatic rings. The maximum Gasteiger partial charge on any atom is 0.217 e. The van der Waals surface area contributed by atoms with E-state index >= 15 is 0 Å². The van der Waals surface area contributed by atoms with Crippen LogP contribution in [-0.2, 0) is 6.42 Å². The number of aryl methyl sites for hydroxylation is 2. The van der Waals surface area contributed by atoms with E-state index in [1.54, 1.807) is 6.20 Å². The molecular formula is C15H18N4O. The van der Waals surface area contributed by atoms with E-state index in [4.69, 9.17) is 10.2 Å². The highest BCUT2D eigenvalue weighted by Gasteiger charge is 2.19. The Morgan fingerprint density at radius 2 is 2.20 bits per heavy atom. The Kier molecular flexibility index (Phi) is 2.97. The molecule has 0 aliphatic heterocycles. The Morgan fingerprint density at radius 3 is 2.85 bits per heavy atom. The molecule has 3 rings (SSSR count). The summed E-state index contributed by atoms with van der Waals surface area (Å²) >= 11 is 0. The van der Waals surface area contributed by atoms with Crippen LogP contribution in [0.1, 0.15) is 37.4 Å². The number of hydrogen-bond donors (Lipinski definition) is 1. The first-order valence-corrected chi connectivity index (χ1v) is 6.78. The first-order chi connectivity index (χ1) is 9.60. The number of nitrogens with zero attached hydrogens (tertiary/aromatic N) is 3. The van der Waals surface area contributed by atoms with E-state index in [-0.39, 0.29) is 6.04 Å². The molecule has 104 valence electrons. The molecule has 0 saturated heterocycles. The molecule has 0 radical (unpaired) electrons. The molecule has 0 fully saturated rings. The second-order valence-corrected chi connectivity index (χ2v) is 4.98. The average Bonchev–Trinajstić information content (AvgIpc) is 3.00. The predicted molar refractivity (Wildman–Crippen MR) is 78.6 cm³/mol. The molecule has 0 aliphatic carbocycles. The Morgan fingerprint density at radius 1 is 1.40 bits per heavy atom. The van der Waals surface area contributed by atoms with Gasteiger partial charge in [-0.1, -0.05) is 6.92 Å². The third-order valence-corrected chi connectivity index (χ3v) is 3.49. The van der Waals surface area contributed by atoms with Crippen LogP contribution >= 0.6 is 0 Å². The normalized spacial score (nSPS) is 12.9. The van der Waals surface area contributed by atoms with E-state index in [0.717, 1.165) is 34.7 Å². The molecule has 1 aromatic carbocycles. The SMILES string of the molecule is CCc1nc2cc(N)ccc2n1C(C)c1ncc(C)o1. The number of nitrogens with two attached hydrogens (primary N) is 1. The largest absolute Gasteiger partial charge is 0.444 e. The zero-order valence-electron chi connectivity index (χ0n) is 11.9. The van der Waals surface area contributed by atoms with Crippen LogP contribution in [0.15, 0.2) is 28.8 Å². The second kappa shape index (κ2) is 4.67. The zero-order chi connectivity index (χ0) is 14.3. The van der Waals surface area contributed by atoms with Crippen LogP contribution in [0, 0.1) is 6.92 Å². The number of benzene rings is 1. The maximum absolute atomic E-state index is 5.84. The van der Waals surface area contributed by atoms with Crippen molar-refractivity contribution < 1.29 is 4.42 Å². The molecule has 1 atom stereocenters. The molecule has 1 unspecified atom stereocenters. The second-order valence-electron chi connectivity index (χ2n) is 4.98. The first-order valence-electron chi connectivity index (χ1n) is 6.78. The van der Waals surface area contributed by atoms with Gasteiger partial charge in [0.2, 0.25) is 5.89 Å². The first kappa shape index (κ1) is 12.7. The van der Waals surface area contributed by atoms with Gasteiger partial charge in [-0.3, -0.25) is 0 Å². The number of anilines is 1. The lowest BCUT2D eigenvalue weighted by Crippen LogP contribution is -2.10. The summed E-state index contributed by atoms with van der Waals surface area (Å²) in [6.45, 7) is 6.06. The number of imidazole rings is 1. The Labute approximate surface area is 117 Å². The molecule has 0 spiro atoms. The molecule has 5 nitrogen and oxygen atoms in total. The van der Waals surface area contributed by atoms with E-state index in [2.05, 4.69) is 28.4 Å². The van der Waals surface area contributed by atoms with Crippen molar-refractivity contribution in [3.05, 3.63) is 41.9 Å². The zero-order valence-corrected chi connectivity index (χ0v) is 11.9. The minimum absolute atomic E-state index is 0.00674. The van der Waals surface area contributed by atoms with Gasteiger partial charge in [0.1, 0.15) is 17.6 Å². The van der Waals surface area contributed by atoms with Crippen LogP contribution in [0.3, 0.4) is 0 Å². The van der Waals surface area contributed by atoms with Crippen molar-refractivity contribution in [1.29, 1.82) is 0 Å². The lowest BCUT2D eigenvalue weighted by atomic mass is 10.2. The van der Waals surface area contributed by atoms with Crippen LogP contribution in [0.4, 0.5) is 5.69 Å². The summed E-state index contributed by atoms with van der Waals surface area (Å²) in [5.74, 6) is 2.53. The van der Waals surface area contributed by atoms with Crippen LogP contribution in [0.2, 0.25) is 0 Å². The smallest absolute Gasteiger partial charge is 0.217 e. The van der Waals surface area contributed by atoms with Crippen LogP contribution in [0.25, 0.3) is 11.0 Å². The summed E-state index contributed by atoms with van der Waals surface area (Å²) in [6, 6.07) is 5.81. The van der Waals surface area contributed by atoms with Crippen molar-refractivity contribution in [3.8, 4) is 0 Å². The van der Waals surface area contributed by atoms with Crippen molar-refractivity contribution in [2.75, 3.05) is 5.73 Å². The number of hydrogen-bond acceptors (Lipinski definition) is 4. The topological polar surface area (TPSA) is 69.9 Å². The van der Waals surface area contributed by atoms with Crippen LogP contribution in [0.5, 0.6) is 0 Å². The third kappa shape index (κ3) is 1.95. The van der Waals surface area contributed by atoms with Crippen molar-refractivity contribution >= 4 is 16.7 Å². The molecule has 2 N–H and O–H groups in total. The minimum atomic E-state index is 0.00674. The molecule has 3 aromatic rings. The van der Waals surface area contributed by atoms with E-state index in [9.17, 15) is 0 Å². The van der Waals surface area contributed by atoms with Crippen molar-refractivity contribution in [1.82, 2.24) is 14.5 Å². The van der Waals surface area contributed by atoms with Gasteiger partial charge in [-0.2, -0.15) is 0 Å². The number of rotatable bonds is 3. The maximum atomic E-state index is 5.84. The highest BCUT2D eigenvalue weighted by molar-refractivity contribution is 5.80. The molecule has 0 bridgehead atoms. The Hall–Kier alpha value is -2.30. The summed E-state index contributed by atoms with van der Waals surface area (Å²) in [5.41, 5.74) is 8.53. The van der Waals surface area contributed by atoms with Crippen LogP contribution in [-0.4, -0.2) is 14.5 Å². The highest BCUT2D eigenvalue weighted by atomic mass is 16.4. The fourth-order valence-electron chi connectivity index (χ4n) is 2.52. The van der Waals surface area contributed by atoms with Gasteiger partial charge >= 0.3 is 0 Å². The van der Waals surface area contributed by atoms with Crippen molar-refractivity contribution in [2.45, 2.75) is 33.2 Å².